The zero-order chi connectivity index (χ0) is 26.7. The van der Waals surface area contributed by atoms with Crippen LogP contribution in [0.3, 0.4) is 0 Å². The second-order valence-electron chi connectivity index (χ2n) is 9.59. The lowest BCUT2D eigenvalue weighted by Crippen LogP contribution is -2.46. The van der Waals surface area contributed by atoms with Crippen LogP contribution >= 0.6 is 0 Å². The summed E-state index contributed by atoms with van der Waals surface area (Å²) < 4.78 is 47.1. The summed E-state index contributed by atoms with van der Waals surface area (Å²) in [5.41, 5.74) is 1.90. The van der Waals surface area contributed by atoms with Crippen molar-refractivity contribution < 1.29 is 22.7 Å². The number of imidazole rings is 1. The van der Waals surface area contributed by atoms with Gasteiger partial charge < -0.3 is 14.6 Å². The molecule has 0 aliphatic carbocycles. The number of aromatic nitrogens is 2. The molecule has 2 atom stereocenters. The summed E-state index contributed by atoms with van der Waals surface area (Å²) in [6.07, 6.45) is -3.27. The molecule has 0 fully saturated rings. The molecule has 1 aliphatic rings. The highest BCUT2D eigenvalue weighted by molar-refractivity contribution is 5.83. The first-order valence-corrected chi connectivity index (χ1v) is 12.5. The van der Waals surface area contributed by atoms with Crippen LogP contribution in [0.2, 0.25) is 0 Å². The molecule has 1 N–H and O–H groups in total. The molecule has 1 aromatic heterocycles. The van der Waals surface area contributed by atoms with Gasteiger partial charge in [-0.05, 0) is 36.1 Å². The topological polar surface area (TPSA) is 59.4 Å². The standard InChI is InChI=1S/C28H33F3N4O2/c1-18(2)25-33-27(37-4)24-22(15-12-19-10-13-21(14-11-19)28(29,30)31)34(16-17-35(24)25)23(26(36)32-3)20-8-6-5-7-9-20/h5-11,13-14,18,22-23H,12,15-17H2,1-4H3,(H,32,36)/t22-,23+/m0/s1. The SMILES string of the molecule is CNC(=O)[C@@H](c1ccccc1)N1CCn2c(C(C)C)nc(OC)c2[C@@H]1CCc1ccc(C(F)(F)F)cc1. The van der Waals surface area contributed by atoms with Crippen molar-refractivity contribution in [1.82, 2.24) is 19.8 Å². The highest BCUT2D eigenvalue weighted by Gasteiger charge is 2.40. The van der Waals surface area contributed by atoms with Crippen molar-refractivity contribution in [3.8, 4) is 5.88 Å². The zero-order valence-corrected chi connectivity index (χ0v) is 21.5. The maximum absolute atomic E-state index is 13.2. The van der Waals surface area contributed by atoms with Gasteiger partial charge in [0.1, 0.15) is 11.9 Å². The van der Waals surface area contributed by atoms with Crippen molar-refractivity contribution in [3.63, 3.8) is 0 Å². The van der Waals surface area contributed by atoms with Crippen LogP contribution in [0.1, 0.15) is 66.5 Å². The van der Waals surface area contributed by atoms with Gasteiger partial charge in [-0.2, -0.15) is 18.2 Å². The molecule has 0 unspecified atom stereocenters. The first-order valence-electron chi connectivity index (χ1n) is 12.5. The lowest BCUT2D eigenvalue weighted by Gasteiger charge is -2.41. The van der Waals surface area contributed by atoms with Crippen molar-refractivity contribution >= 4 is 5.91 Å². The molecule has 0 saturated heterocycles. The second-order valence-corrected chi connectivity index (χ2v) is 9.59. The number of methoxy groups -OCH3 is 1. The van der Waals surface area contributed by atoms with Crippen molar-refractivity contribution in [2.24, 2.45) is 0 Å². The van der Waals surface area contributed by atoms with E-state index in [0.29, 0.717) is 31.8 Å². The van der Waals surface area contributed by atoms with E-state index in [2.05, 4.69) is 28.6 Å². The summed E-state index contributed by atoms with van der Waals surface area (Å²) in [7, 11) is 3.22. The number of aryl methyl sites for hydroxylation is 1. The largest absolute Gasteiger partial charge is 0.480 e. The Balaban J connectivity index is 1.75. The Hall–Kier alpha value is -3.33. The van der Waals surface area contributed by atoms with Gasteiger partial charge in [-0.3, -0.25) is 9.69 Å². The number of nitrogens with zero attached hydrogens (tertiary/aromatic N) is 3. The number of nitrogens with one attached hydrogen (secondary N) is 1. The van der Waals surface area contributed by atoms with Crippen molar-refractivity contribution in [3.05, 3.63) is 82.8 Å². The molecule has 3 aromatic rings. The monoisotopic (exact) mass is 514 g/mol. The molecule has 0 radical (unpaired) electrons. The molecule has 1 amide bonds. The van der Waals surface area contributed by atoms with E-state index in [9.17, 15) is 18.0 Å². The van der Waals surface area contributed by atoms with E-state index in [-0.39, 0.29) is 17.9 Å². The highest BCUT2D eigenvalue weighted by atomic mass is 19.4. The lowest BCUT2D eigenvalue weighted by molar-refractivity contribution is -0.137. The fraction of sp³-hybridized carbons (Fsp3) is 0.429. The summed E-state index contributed by atoms with van der Waals surface area (Å²) in [6, 6.07) is 14.1. The lowest BCUT2D eigenvalue weighted by atomic mass is 9.94. The number of hydrogen-bond donors (Lipinski definition) is 1. The molecule has 198 valence electrons. The van der Waals surface area contributed by atoms with E-state index in [4.69, 9.17) is 9.72 Å². The van der Waals surface area contributed by atoms with Crippen LogP contribution < -0.4 is 10.1 Å². The molecule has 2 aromatic carbocycles. The summed E-state index contributed by atoms with van der Waals surface area (Å²) in [4.78, 5) is 20.2. The molecule has 0 bridgehead atoms. The van der Waals surface area contributed by atoms with Gasteiger partial charge in [-0.15, -0.1) is 0 Å². The fourth-order valence-corrected chi connectivity index (χ4v) is 5.18. The molecule has 37 heavy (non-hydrogen) atoms. The predicted octanol–water partition coefficient (Wildman–Crippen LogP) is 5.51. The predicted molar refractivity (Wildman–Crippen MR) is 135 cm³/mol. The molecule has 0 spiro atoms. The first-order chi connectivity index (χ1) is 17.7. The van der Waals surface area contributed by atoms with Crippen molar-refractivity contribution in [2.75, 3.05) is 20.7 Å². The number of alkyl halides is 3. The number of rotatable bonds is 8. The van der Waals surface area contributed by atoms with Crippen LogP contribution in [0.4, 0.5) is 13.2 Å². The Bertz CT molecular complexity index is 1210. The van der Waals surface area contributed by atoms with Crippen LogP contribution in [0, 0.1) is 0 Å². The van der Waals surface area contributed by atoms with E-state index in [1.807, 2.05) is 30.3 Å². The maximum Gasteiger partial charge on any atom is 0.416 e. The minimum Gasteiger partial charge on any atom is -0.480 e. The van der Waals surface area contributed by atoms with Crippen LogP contribution in [0.5, 0.6) is 5.88 Å². The third-order valence-electron chi connectivity index (χ3n) is 6.94. The number of fused-ring (bicyclic) bond motifs is 1. The number of ether oxygens (including phenoxy) is 1. The minimum atomic E-state index is -4.37. The molecular weight excluding hydrogens is 481 g/mol. The van der Waals surface area contributed by atoms with E-state index < -0.39 is 17.8 Å². The molecule has 0 saturated carbocycles. The number of hydrogen-bond acceptors (Lipinski definition) is 4. The smallest absolute Gasteiger partial charge is 0.416 e. The second kappa shape index (κ2) is 11.0. The van der Waals surface area contributed by atoms with Gasteiger partial charge in [-0.1, -0.05) is 56.3 Å². The molecule has 9 heteroatoms. The van der Waals surface area contributed by atoms with Crippen LogP contribution in [-0.4, -0.2) is 41.1 Å². The molecule has 1 aliphatic heterocycles. The summed E-state index contributed by atoms with van der Waals surface area (Å²) >= 11 is 0. The quantitative estimate of drug-likeness (QED) is 0.431. The van der Waals surface area contributed by atoms with Gasteiger partial charge in [0.05, 0.1) is 24.4 Å². The van der Waals surface area contributed by atoms with Crippen LogP contribution in [0.25, 0.3) is 0 Å². The average Bonchev–Trinajstić information content (AvgIpc) is 3.27. The van der Waals surface area contributed by atoms with E-state index >= 15 is 0 Å². The van der Waals surface area contributed by atoms with Gasteiger partial charge in [0.25, 0.3) is 0 Å². The van der Waals surface area contributed by atoms with Gasteiger partial charge in [0.15, 0.2) is 0 Å². The first kappa shape index (κ1) is 26.7. The van der Waals surface area contributed by atoms with Gasteiger partial charge >= 0.3 is 6.18 Å². The zero-order valence-electron chi connectivity index (χ0n) is 21.5. The number of halogens is 3. The number of carbonyl (C=O) groups excluding carboxylic acids is 1. The molecule has 6 nitrogen and oxygen atoms in total. The van der Waals surface area contributed by atoms with Crippen molar-refractivity contribution in [1.29, 1.82) is 0 Å². The third-order valence-corrected chi connectivity index (χ3v) is 6.94. The van der Waals surface area contributed by atoms with Gasteiger partial charge in [-0.25, -0.2) is 0 Å². The Morgan fingerprint density at radius 1 is 1.11 bits per heavy atom. The van der Waals surface area contributed by atoms with Crippen LogP contribution in [0.15, 0.2) is 54.6 Å². The summed E-state index contributed by atoms with van der Waals surface area (Å²) in [6.45, 7) is 5.42. The number of benzene rings is 2. The number of carbonyl (C=O) groups is 1. The summed E-state index contributed by atoms with van der Waals surface area (Å²) in [5.74, 6) is 1.49. The molecule has 2 heterocycles. The molecule has 4 rings (SSSR count). The third kappa shape index (κ3) is 5.51. The Morgan fingerprint density at radius 2 is 1.78 bits per heavy atom. The number of amides is 1. The fourth-order valence-electron chi connectivity index (χ4n) is 5.18. The number of likely N-dealkylation sites (N-methyl/N-ethyl adjacent to an activating group) is 1. The highest BCUT2D eigenvalue weighted by Crippen LogP contribution is 2.42. The summed E-state index contributed by atoms with van der Waals surface area (Å²) in [5, 5.41) is 2.81. The normalized spacial score (nSPS) is 16.9. The maximum atomic E-state index is 13.2. The average molecular weight is 515 g/mol. The van der Waals surface area contributed by atoms with Gasteiger partial charge in [0, 0.05) is 26.1 Å². The molecular formula is C28H33F3N4O2. The Labute approximate surface area is 215 Å². The van der Waals surface area contributed by atoms with Crippen LogP contribution in [-0.2, 0) is 23.9 Å². The van der Waals surface area contributed by atoms with E-state index in [1.54, 1.807) is 14.2 Å². The minimum absolute atomic E-state index is 0.123. The Morgan fingerprint density at radius 3 is 2.35 bits per heavy atom. The van der Waals surface area contributed by atoms with E-state index in [1.165, 1.54) is 12.1 Å². The van der Waals surface area contributed by atoms with Crippen molar-refractivity contribution in [2.45, 2.75) is 57.4 Å². The van der Waals surface area contributed by atoms with Gasteiger partial charge in [0.2, 0.25) is 11.8 Å². The van der Waals surface area contributed by atoms with E-state index in [0.717, 1.165) is 34.8 Å². The Kier molecular flexibility index (Phi) is 7.92.